The minimum atomic E-state index is -3.64. The molecular weight excluding hydrogens is 278 g/mol. The number of hydrogen-bond donors (Lipinski definition) is 1. The normalized spacial score (nSPS) is 10.9. The molecule has 0 bridgehead atoms. The van der Waals surface area contributed by atoms with E-state index in [1.807, 2.05) is 0 Å². The van der Waals surface area contributed by atoms with Crippen LogP contribution >= 0.6 is 0 Å². The summed E-state index contributed by atoms with van der Waals surface area (Å²) in [6.45, 7) is 0. The van der Waals surface area contributed by atoms with E-state index < -0.39 is 10.0 Å². The SMILES string of the molecule is COc1ccc(NS(=O)(=O)c2cccc(OC)c2)cc1. The van der Waals surface area contributed by atoms with Crippen molar-refractivity contribution in [3.05, 3.63) is 48.5 Å². The van der Waals surface area contributed by atoms with Gasteiger partial charge in [-0.05, 0) is 36.4 Å². The molecule has 0 saturated carbocycles. The highest BCUT2D eigenvalue weighted by molar-refractivity contribution is 7.92. The molecule has 5 nitrogen and oxygen atoms in total. The average molecular weight is 293 g/mol. The van der Waals surface area contributed by atoms with E-state index >= 15 is 0 Å². The van der Waals surface area contributed by atoms with Crippen molar-refractivity contribution in [2.24, 2.45) is 0 Å². The van der Waals surface area contributed by atoms with Crippen molar-refractivity contribution in [3.63, 3.8) is 0 Å². The minimum absolute atomic E-state index is 0.146. The predicted octanol–water partition coefficient (Wildman–Crippen LogP) is 2.50. The van der Waals surface area contributed by atoms with E-state index in [0.29, 0.717) is 17.2 Å². The Morgan fingerprint density at radius 1 is 0.900 bits per heavy atom. The highest BCUT2D eigenvalue weighted by Crippen LogP contribution is 2.21. The Hall–Kier alpha value is -2.21. The summed E-state index contributed by atoms with van der Waals surface area (Å²) in [5.41, 5.74) is 0.466. The molecule has 0 fully saturated rings. The number of benzene rings is 2. The van der Waals surface area contributed by atoms with Crippen LogP contribution in [0.2, 0.25) is 0 Å². The van der Waals surface area contributed by atoms with E-state index in [2.05, 4.69) is 4.72 Å². The van der Waals surface area contributed by atoms with Gasteiger partial charge in [0.25, 0.3) is 10.0 Å². The van der Waals surface area contributed by atoms with E-state index in [1.54, 1.807) is 43.5 Å². The molecule has 20 heavy (non-hydrogen) atoms. The lowest BCUT2D eigenvalue weighted by Gasteiger charge is -2.09. The second-order valence-electron chi connectivity index (χ2n) is 4.01. The van der Waals surface area contributed by atoms with Crippen LogP contribution in [0.3, 0.4) is 0 Å². The molecule has 2 rings (SSSR count). The first-order valence-corrected chi connectivity index (χ1v) is 7.34. The fourth-order valence-electron chi connectivity index (χ4n) is 1.64. The predicted molar refractivity (Wildman–Crippen MR) is 76.8 cm³/mol. The third kappa shape index (κ3) is 3.21. The summed E-state index contributed by atoms with van der Waals surface area (Å²) in [6, 6.07) is 12.9. The molecule has 0 aliphatic carbocycles. The number of nitrogens with one attached hydrogen (secondary N) is 1. The van der Waals surface area contributed by atoms with Gasteiger partial charge < -0.3 is 9.47 Å². The number of rotatable bonds is 5. The molecule has 106 valence electrons. The zero-order valence-corrected chi connectivity index (χ0v) is 12.0. The molecule has 0 atom stereocenters. The Kier molecular flexibility index (Phi) is 4.14. The number of ether oxygens (including phenoxy) is 2. The van der Waals surface area contributed by atoms with Crippen molar-refractivity contribution in [2.45, 2.75) is 4.90 Å². The summed E-state index contributed by atoms with van der Waals surface area (Å²) >= 11 is 0. The first-order valence-electron chi connectivity index (χ1n) is 5.86. The van der Waals surface area contributed by atoms with E-state index in [9.17, 15) is 8.42 Å². The number of hydrogen-bond acceptors (Lipinski definition) is 4. The highest BCUT2D eigenvalue weighted by Gasteiger charge is 2.14. The average Bonchev–Trinajstić information content (AvgIpc) is 2.48. The third-order valence-electron chi connectivity index (χ3n) is 2.69. The Labute approximate surface area is 118 Å². The summed E-state index contributed by atoms with van der Waals surface area (Å²) in [5.74, 6) is 1.15. The maximum Gasteiger partial charge on any atom is 0.262 e. The van der Waals surface area contributed by atoms with E-state index in [-0.39, 0.29) is 4.90 Å². The Morgan fingerprint density at radius 3 is 2.15 bits per heavy atom. The fourth-order valence-corrected chi connectivity index (χ4v) is 2.73. The first-order chi connectivity index (χ1) is 9.55. The maximum atomic E-state index is 12.2. The van der Waals surface area contributed by atoms with Gasteiger partial charge in [-0.2, -0.15) is 0 Å². The number of anilines is 1. The molecule has 0 heterocycles. The van der Waals surface area contributed by atoms with Gasteiger partial charge in [0.2, 0.25) is 0 Å². The number of methoxy groups -OCH3 is 2. The van der Waals surface area contributed by atoms with Crippen LogP contribution in [-0.2, 0) is 10.0 Å². The first kappa shape index (κ1) is 14.2. The molecule has 0 aromatic heterocycles. The standard InChI is InChI=1S/C14H15NO4S/c1-18-12-8-6-11(7-9-12)15-20(16,17)14-5-3-4-13(10-14)19-2/h3-10,15H,1-2H3. The van der Waals surface area contributed by atoms with Gasteiger partial charge in [0.1, 0.15) is 11.5 Å². The second kappa shape index (κ2) is 5.83. The molecule has 0 saturated heterocycles. The topological polar surface area (TPSA) is 64.6 Å². The van der Waals surface area contributed by atoms with Gasteiger partial charge in [-0.1, -0.05) is 6.07 Å². The van der Waals surface area contributed by atoms with E-state index in [1.165, 1.54) is 19.2 Å². The van der Waals surface area contributed by atoms with Crippen LogP contribution in [-0.4, -0.2) is 22.6 Å². The van der Waals surface area contributed by atoms with E-state index in [4.69, 9.17) is 9.47 Å². The molecule has 0 unspecified atom stereocenters. The van der Waals surface area contributed by atoms with Crippen molar-refractivity contribution in [2.75, 3.05) is 18.9 Å². The van der Waals surface area contributed by atoms with Crippen LogP contribution in [0.1, 0.15) is 0 Å². The van der Waals surface area contributed by atoms with Crippen LogP contribution < -0.4 is 14.2 Å². The highest BCUT2D eigenvalue weighted by atomic mass is 32.2. The Morgan fingerprint density at radius 2 is 1.55 bits per heavy atom. The molecule has 2 aromatic rings. The summed E-state index contributed by atoms with van der Waals surface area (Å²) in [4.78, 5) is 0.146. The summed E-state index contributed by atoms with van der Waals surface area (Å²) in [6.07, 6.45) is 0. The Bertz CT molecular complexity index is 681. The monoisotopic (exact) mass is 293 g/mol. The van der Waals surface area contributed by atoms with Crippen LogP contribution in [0.15, 0.2) is 53.4 Å². The van der Waals surface area contributed by atoms with Gasteiger partial charge >= 0.3 is 0 Å². The van der Waals surface area contributed by atoms with Gasteiger partial charge in [-0.3, -0.25) is 4.72 Å². The quantitative estimate of drug-likeness (QED) is 0.920. The molecule has 0 aliphatic rings. The molecule has 0 spiro atoms. The molecule has 6 heteroatoms. The summed E-state index contributed by atoms with van der Waals surface area (Å²) in [5, 5.41) is 0. The lowest BCUT2D eigenvalue weighted by Crippen LogP contribution is -2.12. The van der Waals surface area contributed by atoms with Gasteiger partial charge in [0.05, 0.1) is 19.1 Å². The van der Waals surface area contributed by atoms with Crippen LogP contribution in [0, 0.1) is 0 Å². The molecule has 0 amide bonds. The molecule has 1 N–H and O–H groups in total. The van der Waals surface area contributed by atoms with E-state index in [0.717, 1.165) is 0 Å². The lowest BCUT2D eigenvalue weighted by atomic mass is 10.3. The van der Waals surface area contributed by atoms with Crippen molar-refractivity contribution in [3.8, 4) is 11.5 Å². The van der Waals surface area contributed by atoms with Crippen molar-refractivity contribution in [1.29, 1.82) is 0 Å². The van der Waals surface area contributed by atoms with Crippen molar-refractivity contribution < 1.29 is 17.9 Å². The zero-order valence-electron chi connectivity index (χ0n) is 11.2. The largest absolute Gasteiger partial charge is 0.497 e. The fraction of sp³-hybridized carbons (Fsp3) is 0.143. The zero-order chi connectivity index (χ0) is 14.6. The van der Waals surface area contributed by atoms with Gasteiger partial charge in [-0.15, -0.1) is 0 Å². The van der Waals surface area contributed by atoms with Gasteiger partial charge in [0.15, 0.2) is 0 Å². The molecule has 2 aromatic carbocycles. The molecule has 0 aliphatic heterocycles. The summed E-state index contributed by atoms with van der Waals surface area (Å²) in [7, 11) is -0.597. The lowest BCUT2D eigenvalue weighted by molar-refractivity contribution is 0.413. The van der Waals surface area contributed by atoms with Crippen molar-refractivity contribution in [1.82, 2.24) is 0 Å². The Balaban J connectivity index is 2.25. The smallest absolute Gasteiger partial charge is 0.262 e. The summed E-state index contributed by atoms with van der Waals surface area (Å²) < 4.78 is 37.0. The van der Waals surface area contributed by atoms with Crippen LogP contribution in [0.25, 0.3) is 0 Å². The van der Waals surface area contributed by atoms with Gasteiger partial charge in [-0.25, -0.2) is 8.42 Å². The second-order valence-corrected chi connectivity index (χ2v) is 5.70. The molecule has 0 radical (unpaired) electrons. The van der Waals surface area contributed by atoms with Crippen LogP contribution in [0.5, 0.6) is 11.5 Å². The minimum Gasteiger partial charge on any atom is -0.497 e. The maximum absolute atomic E-state index is 12.2. The van der Waals surface area contributed by atoms with Crippen LogP contribution in [0.4, 0.5) is 5.69 Å². The van der Waals surface area contributed by atoms with Crippen molar-refractivity contribution >= 4 is 15.7 Å². The molecular formula is C14H15NO4S. The van der Waals surface area contributed by atoms with Gasteiger partial charge in [0, 0.05) is 11.8 Å². The number of sulfonamides is 1. The third-order valence-corrected chi connectivity index (χ3v) is 4.07.